The largest absolute Gasteiger partial charge is 0.444 e. The Morgan fingerprint density at radius 3 is 2.50 bits per heavy atom. The molecule has 3 rings (SSSR count). The Labute approximate surface area is 164 Å². The van der Waals surface area contributed by atoms with Crippen LogP contribution in [-0.4, -0.2) is 28.8 Å². The minimum Gasteiger partial charge on any atom is -0.444 e. The van der Waals surface area contributed by atoms with Gasteiger partial charge in [0.25, 0.3) is 0 Å². The van der Waals surface area contributed by atoms with Gasteiger partial charge in [0, 0.05) is 12.1 Å². The van der Waals surface area contributed by atoms with Gasteiger partial charge in [-0.15, -0.1) is 0 Å². The van der Waals surface area contributed by atoms with E-state index in [1.165, 1.54) is 0 Å². The molecule has 6 heteroatoms. The second kappa shape index (κ2) is 8.69. The lowest BCUT2D eigenvalue weighted by molar-refractivity contribution is -0.131. The molecule has 0 aromatic heterocycles. The quantitative estimate of drug-likeness (QED) is 0.848. The van der Waals surface area contributed by atoms with Gasteiger partial charge in [-0.05, 0) is 29.5 Å². The van der Waals surface area contributed by atoms with Crippen LogP contribution in [0.1, 0.15) is 43.7 Å². The Bertz CT molecular complexity index is 864. The summed E-state index contributed by atoms with van der Waals surface area (Å²) in [4.78, 5) is 38.4. The first-order chi connectivity index (χ1) is 13.5. The summed E-state index contributed by atoms with van der Waals surface area (Å²) < 4.78 is 5.26. The lowest BCUT2D eigenvalue weighted by atomic mass is 10.0. The minimum atomic E-state index is -0.865. The van der Waals surface area contributed by atoms with Crippen molar-refractivity contribution in [2.24, 2.45) is 0 Å². The van der Waals surface area contributed by atoms with Gasteiger partial charge >= 0.3 is 6.09 Å². The maximum atomic E-state index is 12.8. The van der Waals surface area contributed by atoms with E-state index in [0.29, 0.717) is 5.69 Å². The summed E-state index contributed by atoms with van der Waals surface area (Å²) in [6.45, 7) is 4.13. The van der Waals surface area contributed by atoms with E-state index >= 15 is 0 Å². The molecule has 2 aromatic rings. The van der Waals surface area contributed by atoms with Gasteiger partial charge in [-0.2, -0.15) is 0 Å². The van der Waals surface area contributed by atoms with Crippen LogP contribution in [0.4, 0.5) is 10.5 Å². The number of nitrogens with zero attached hydrogens (tertiary/aromatic N) is 1. The Kier molecular flexibility index (Phi) is 6.09. The molecule has 0 radical (unpaired) electrons. The van der Waals surface area contributed by atoms with E-state index in [9.17, 15) is 14.4 Å². The Morgan fingerprint density at radius 2 is 1.79 bits per heavy atom. The SMILES string of the molecule is CC(C)c1ccccc1NC(=O)[C@H]1CCC(=O)N1C(=O)OCc1ccccc1. The molecule has 1 heterocycles. The molecule has 6 nitrogen and oxygen atoms in total. The zero-order valence-electron chi connectivity index (χ0n) is 16.1. The summed E-state index contributed by atoms with van der Waals surface area (Å²) in [6, 6.07) is 15.9. The van der Waals surface area contributed by atoms with Gasteiger partial charge < -0.3 is 10.1 Å². The number of anilines is 1. The van der Waals surface area contributed by atoms with Crippen LogP contribution in [0.25, 0.3) is 0 Å². The number of rotatable bonds is 5. The van der Waals surface area contributed by atoms with E-state index in [-0.39, 0.29) is 31.3 Å². The van der Waals surface area contributed by atoms with Gasteiger partial charge in [0.2, 0.25) is 11.8 Å². The predicted molar refractivity (Wildman–Crippen MR) is 106 cm³/mol. The fourth-order valence-corrected chi connectivity index (χ4v) is 3.28. The monoisotopic (exact) mass is 380 g/mol. The molecule has 0 spiro atoms. The average molecular weight is 380 g/mol. The van der Waals surface area contributed by atoms with Crippen molar-refractivity contribution in [3.8, 4) is 0 Å². The van der Waals surface area contributed by atoms with Gasteiger partial charge in [-0.25, -0.2) is 9.69 Å². The number of carbonyl (C=O) groups excluding carboxylic acids is 3. The minimum absolute atomic E-state index is 0.0496. The zero-order chi connectivity index (χ0) is 20.1. The lowest BCUT2D eigenvalue weighted by Gasteiger charge is -2.22. The van der Waals surface area contributed by atoms with Crippen LogP contribution in [0.3, 0.4) is 0 Å². The number of amides is 3. The topological polar surface area (TPSA) is 75.7 Å². The van der Waals surface area contributed by atoms with Gasteiger partial charge in [0.05, 0.1) is 0 Å². The number of hydrogen-bond acceptors (Lipinski definition) is 4. The fraction of sp³-hybridized carbons (Fsp3) is 0.318. The van der Waals surface area contributed by atoms with Crippen molar-refractivity contribution in [2.75, 3.05) is 5.32 Å². The van der Waals surface area contributed by atoms with Crippen molar-refractivity contribution in [3.63, 3.8) is 0 Å². The van der Waals surface area contributed by atoms with E-state index in [2.05, 4.69) is 5.32 Å². The van der Waals surface area contributed by atoms with Crippen LogP contribution in [0.15, 0.2) is 54.6 Å². The highest BCUT2D eigenvalue weighted by Gasteiger charge is 2.41. The molecule has 146 valence electrons. The van der Waals surface area contributed by atoms with Crippen LogP contribution in [-0.2, 0) is 20.9 Å². The van der Waals surface area contributed by atoms with E-state index < -0.39 is 18.0 Å². The zero-order valence-corrected chi connectivity index (χ0v) is 16.1. The van der Waals surface area contributed by atoms with Crippen molar-refractivity contribution in [2.45, 2.75) is 45.3 Å². The van der Waals surface area contributed by atoms with Crippen molar-refractivity contribution in [1.29, 1.82) is 0 Å². The molecule has 1 N–H and O–H groups in total. The third-order valence-corrected chi connectivity index (χ3v) is 4.76. The van der Waals surface area contributed by atoms with Gasteiger partial charge in [-0.1, -0.05) is 62.4 Å². The molecule has 0 aliphatic carbocycles. The molecule has 0 bridgehead atoms. The van der Waals surface area contributed by atoms with E-state index in [4.69, 9.17) is 4.74 Å². The van der Waals surface area contributed by atoms with E-state index in [0.717, 1.165) is 16.0 Å². The molecule has 1 fully saturated rings. The van der Waals surface area contributed by atoms with Crippen LogP contribution >= 0.6 is 0 Å². The van der Waals surface area contributed by atoms with Crippen molar-refractivity contribution in [3.05, 3.63) is 65.7 Å². The number of likely N-dealkylation sites (tertiary alicyclic amines) is 1. The van der Waals surface area contributed by atoms with Crippen LogP contribution in [0, 0.1) is 0 Å². The van der Waals surface area contributed by atoms with Crippen LogP contribution in [0.5, 0.6) is 0 Å². The number of nitrogens with one attached hydrogen (secondary N) is 1. The molecular weight excluding hydrogens is 356 g/mol. The molecule has 2 aromatic carbocycles. The highest BCUT2D eigenvalue weighted by atomic mass is 16.6. The van der Waals surface area contributed by atoms with Gasteiger partial charge in [-0.3, -0.25) is 9.59 Å². The first kappa shape index (κ1) is 19.6. The van der Waals surface area contributed by atoms with Crippen molar-refractivity contribution >= 4 is 23.6 Å². The summed E-state index contributed by atoms with van der Waals surface area (Å²) in [6.07, 6.45) is -0.358. The molecule has 28 heavy (non-hydrogen) atoms. The van der Waals surface area contributed by atoms with Crippen molar-refractivity contribution < 1.29 is 19.1 Å². The Hall–Kier alpha value is -3.15. The molecule has 1 aliphatic heterocycles. The molecule has 3 amide bonds. The third kappa shape index (κ3) is 4.39. The molecule has 0 unspecified atom stereocenters. The Balaban J connectivity index is 1.69. The molecule has 0 saturated carbocycles. The van der Waals surface area contributed by atoms with E-state index in [1.54, 1.807) is 0 Å². The van der Waals surface area contributed by atoms with Gasteiger partial charge in [0.15, 0.2) is 0 Å². The second-order valence-electron chi connectivity index (χ2n) is 7.09. The summed E-state index contributed by atoms with van der Waals surface area (Å²) in [5, 5.41) is 2.87. The molecule has 1 aliphatic rings. The number of ether oxygens (including phenoxy) is 1. The maximum Gasteiger partial charge on any atom is 0.417 e. The lowest BCUT2D eigenvalue weighted by Crippen LogP contribution is -2.45. The summed E-state index contributed by atoms with van der Waals surface area (Å²) in [7, 11) is 0. The van der Waals surface area contributed by atoms with Crippen molar-refractivity contribution in [1.82, 2.24) is 4.90 Å². The first-order valence-electron chi connectivity index (χ1n) is 9.40. The number of imide groups is 1. The number of benzene rings is 2. The standard InChI is InChI=1S/C22H24N2O4/c1-15(2)17-10-6-7-11-18(17)23-21(26)19-12-13-20(25)24(19)22(27)28-14-16-8-4-3-5-9-16/h3-11,15,19H,12-14H2,1-2H3,(H,23,26)/t19-/m1/s1. The highest BCUT2D eigenvalue weighted by molar-refractivity contribution is 6.04. The van der Waals surface area contributed by atoms with Crippen LogP contribution < -0.4 is 5.32 Å². The van der Waals surface area contributed by atoms with Crippen LogP contribution in [0.2, 0.25) is 0 Å². The maximum absolute atomic E-state index is 12.8. The fourth-order valence-electron chi connectivity index (χ4n) is 3.28. The molecule has 1 saturated heterocycles. The highest BCUT2D eigenvalue weighted by Crippen LogP contribution is 2.26. The van der Waals surface area contributed by atoms with Gasteiger partial charge in [0.1, 0.15) is 12.6 Å². The smallest absolute Gasteiger partial charge is 0.417 e. The number of para-hydroxylation sites is 1. The Morgan fingerprint density at radius 1 is 1.11 bits per heavy atom. The average Bonchev–Trinajstić information content (AvgIpc) is 3.09. The third-order valence-electron chi connectivity index (χ3n) is 4.76. The number of carbonyl (C=O) groups is 3. The summed E-state index contributed by atoms with van der Waals surface area (Å²) in [5.41, 5.74) is 2.51. The predicted octanol–water partition coefficient (Wildman–Crippen LogP) is 4.08. The number of hydrogen-bond donors (Lipinski definition) is 1. The van der Waals surface area contributed by atoms with E-state index in [1.807, 2.05) is 68.4 Å². The summed E-state index contributed by atoms with van der Waals surface area (Å²) in [5.74, 6) is -0.542. The normalized spacial score (nSPS) is 16.3. The summed E-state index contributed by atoms with van der Waals surface area (Å²) >= 11 is 0. The molecular formula is C22H24N2O4. The first-order valence-corrected chi connectivity index (χ1v) is 9.40. The molecule has 1 atom stereocenters. The second-order valence-corrected chi connectivity index (χ2v) is 7.09.